The van der Waals surface area contributed by atoms with Gasteiger partial charge in [0.15, 0.2) is 0 Å². The molecule has 0 saturated carbocycles. The topological polar surface area (TPSA) is 63.6 Å². The van der Waals surface area contributed by atoms with Gasteiger partial charge in [0.25, 0.3) is 0 Å². The summed E-state index contributed by atoms with van der Waals surface area (Å²) >= 11 is 1.50. The molecule has 142 valence electrons. The molecule has 0 radical (unpaired) electrons. The van der Waals surface area contributed by atoms with Crippen LogP contribution in [0.3, 0.4) is 0 Å². The zero-order valence-corrected chi connectivity index (χ0v) is 16.4. The molecule has 28 heavy (non-hydrogen) atoms. The Morgan fingerprint density at radius 1 is 1.11 bits per heavy atom. The van der Waals surface area contributed by atoms with E-state index in [9.17, 15) is 4.79 Å². The van der Waals surface area contributed by atoms with Crippen LogP contribution in [0, 0.1) is 6.92 Å². The van der Waals surface area contributed by atoms with Gasteiger partial charge < -0.3 is 4.74 Å². The number of aryl methyl sites for hydroxylation is 1. The van der Waals surface area contributed by atoms with Crippen molar-refractivity contribution >= 4 is 23.9 Å². The molecule has 0 saturated heterocycles. The summed E-state index contributed by atoms with van der Waals surface area (Å²) < 4.78 is 5.69. The minimum Gasteiger partial charge on any atom is -0.487 e. The van der Waals surface area contributed by atoms with Crippen molar-refractivity contribution in [2.75, 3.05) is 5.75 Å². The number of nitrogens with zero attached hydrogens (tertiary/aromatic N) is 2. The summed E-state index contributed by atoms with van der Waals surface area (Å²) in [6, 6.07) is 21.2. The molecule has 1 N–H and O–H groups in total. The smallest absolute Gasteiger partial charge is 0.250 e. The van der Waals surface area contributed by atoms with Crippen LogP contribution in [0.15, 0.2) is 82.9 Å². The number of rotatable bonds is 8. The summed E-state index contributed by atoms with van der Waals surface area (Å²) in [5.74, 6) is 0.934. The molecule has 0 fully saturated rings. The molecule has 0 unspecified atom stereocenters. The number of amides is 1. The SMILES string of the molecule is Cc1ccccc1SCC(=O)N/N=C/c1ccc(OCc2ccccn2)cc1. The number of hydrazone groups is 1. The summed E-state index contributed by atoms with van der Waals surface area (Å²) in [6.45, 7) is 2.45. The second-order valence-electron chi connectivity index (χ2n) is 6.03. The molecule has 5 nitrogen and oxygen atoms in total. The first-order valence-electron chi connectivity index (χ1n) is 8.84. The molecule has 0 aliphatic rings. The third kappa shape index (κ3) is 6.25. The summed E-state index contributed by atoms with van der Waals surface area (Å²) in [5.41, 5.74) is 5.46. The predicted molar refractivity (Wildman–Crippen MR) is 113 cm³/mol. The number of nitrogens with one attached hydrogen (secondary N) is 1. The first-order valence-corrected chi connectivity index (χ1v) is 9.82. The van der Waals surface area contributed by atoms with Crippen molar-refractivity contribution in [3.05, 3.63) is 89.7 Å². The lowest BCUT2D eigenvalue weighted by molar-refractivity contribution is -0.118. The van der Waals surface area contributed by atoms with Gasteiger partial charge in [-0.15, -0.1) is 11.8 Å². The molecule has 3 rings (SSSR count). The molecule has 0 aliphatic heterocycles. The molecular weight excluding hydrogens is 370 g/mol. The lowest BCUT2D eigenvalue weighted by atomic mass is 10.2. The Morgan fingerprint density at radius 3 is 2.64 bits per heavy atom. The first-order chi connectivity index (χ1) is 13.7. The summed E-state index contributed by atoms with van der Waals surface area (Å²) in [5, 5.41) is 4.01. The third-order valence-electron chi connectivity index (χ3n) is 3.85. The molecule has 1 aromatic heterocycles. The fraction of sp³-hybridized carbons (Fsp3) is 0.136. The molecule has 0 spiro atoms. The average molecular weight is 391 g/mol. The number of benzene rings is 2. The normalized spacial score (nSPS) is 10.8. The van der Waals surface area contributed by atoms with E-state index in [4.69, 9.17) is 4.74 Å². The van der Waals surface area contributed by atoms with Crippen LogP contribution in [0.4, 0.5) is 0 Å². The number of hydrogen-bond donors (Lipinski definition) is 1. The van der Waals surface area contributed by atoms with E-state index in [0.29, 0.717) is 12.4 Å². The molecule has 0 aliphatic carbocycles. The van der Waals surface area contributed by atoms with Crippen molar-refractivity contribution in [2.45, 2.75) is 18.4 Å². The van der Waals surface area contributed by atoms with Crippen LogP contribution in [0.1, 0.15) is 16.8 Å². The Labute approximate surface area is 168 Å². The minimum atomic E-state index is -0.139. The van der Waals surface area contributed by atoms with Gasteiger partial charge in [0.1, 0.15) is 12.4 Å². The molecule has 1 amide bonds. The van der Waals surface area contributed by atoms with Crippen LogP contribution >= 0.6 is 11.8 Å². The highest BCUT2D eigenvalue weighted by atomic mass is 32.2. The van der Waals surface area contributed by atoms with E-state index in [1.807, 2.05) is 73.7 Å². The zero-order valence-electron chi connectivity index (χ0n) is 15.5. The highest BCUT2D eigenvalue weighted by molar-refractivity contribution is 8.00. The molecule has 0 bridgehead atoms. The fourth-order valence-electron chi connectivity index (χ4n) is 2.36. The Balaban J connectivity index is 1.42. The lowest BCUT2D eigenvalue weighted by Gasteiger charge is -2.05. The Hall–Kier alpha value is -3.12. The number of carbonyl (C=O) groups is 1. The number of ether oxygens (including phenoxy) is 1. The van der Waals surface area contributed by atoms with Crippen LogP contribution in [-0.2, 0) is 11.4 Å². The van der Waals surface area contributed by atoms with Gasteiger partial charge in [-0.3, -0.25) is 9.78 Å². The van der Waals surface area contributed by atoms with Crippen molar-refractivity contribution in [3.63, 3.8) is 0 Å². The fourth-order valence-corrected chi connectivity index (χ4v) is 3.19. The Bertz CT molecular complexity index is 928. The van der Waals surface area contributed by atoms with Crippen LogP contribution in [0.2, 0.25) is 0 Å². The van der Waals surface area contributed by atoms with E-state index in [1.54, 1.807) is 12.4 Å². The second-order valence-corrected chi connectivity index (χ2v) is 7.04. The van der Waals surface area contributed by atoms with E-state index in [2.05, 4.69) is 15.5 Å². The van der Waals surface area contributed by atoms with Crippen LogP contribution in [0.5, 0.6) is 5.75 Å². The van der Waals surface area contributed by atoms with E-state index >= 15 is 0 Å². The van der Waals surface area contributed by atoms with Gasteiger partial charge in [0.2, 0.25) is 5.91 Å². The van der Waals surface area contributed by atoms with Gasteiger partial charge in [-0.25, -0.2) is 5.43 Å². The van der Waals surface area contributed by atoms with Crippen molar-refractivity contribution in [1.29, 1.82) is 0 Å². The van der Waals surface area contributed by atoms with E-state index in [-0.39, 0.29) is 5.91 Å². The largest absolute Gasteiger partial charge is 0.487 e. The van der Waals surface area contributed by atoms with Gasteiger partial charge in [-0.05, 0) is 60.5 Å². The quantitative estimate of drug-likeness (QED) is 0.355. The summed E-state index contributed by atoms with van der Waals surface area (Å²) in [7, 11) is 0. The van der Waals surface area contributed by atoms with Gasteiger partial charge in [0, 0.05) is 11.1 Å². The number of thioether (sulfide) groups is 1. The minimum absolute atomic E-state index is 0.139. The van der Waals surface area contributed by atoms with Gasteiger partial charge in [-0.2, -0.15) is 5.10 Å². The number of carbonyl (C=O) groups excluding carboxylic acids is 1. The lowest BCUT2D eigenvalue weighted by Crippen LogP contribution is -2.19. The maximum Gasteiger partial charge on any atom is 0.250 e. The number of aromatic nitrogens is 1. The average Bonchev–Trinajstić information content (AvgIpc) is 2.73. The van der Waals surface area contributed by atoms with Gasteiger partial charge >= 0.3 is 0 Å². The molecule has 1 heterocycles. The van der Waals surface area contributed by atoms with Crippen molar-refractivity contribution in [3.8, 4) is 5.75 Å². The monoisotopic (exact) mass is 391 g/mol. The van der Waals surface area contributed by atoms with E-state index < -0.39 is 0 Å². The number of hydrogen-bond acceptors (Lipinski definition) is 5. The summed E-state index contributed by atoms with van der Waals surface area (Å²) in [4.78, 5) is 17.2. The van der Waals surface area contributed by atoms with Gasteiger partial charge in [0.05, 0.1) is 17.7 Å². The zero-order chi connectivity index (χ0) is 19.6. The van der Waals surface area contributed by atoms with Crippen molar-refractivity contribution in [2.24, 2.45) is 5.10 Å². The number of pyridine rings is 1. The van der Waals surface area contributed by atoms with E-state index in [1.165, 1.54) is 11.8 Å². The van der Waals surface area contributed by atoms with Crippen LogP contribution in [0.25, 0.3) is 0 Å². The molecule has 2 aromatic carbocycles. The van der Waals surface area contributed by atoms with Crippen LogP contribution < -0.4 is 10.2 Å². The molecule has 0 atom stereocenters. The van der Waals surface area contributed by atoms with Crippen molar-refractivity contribution < 1.29 is 9.53 Å². The predicted octanol–water partition coefficient (Wildman–Crippen LogP) is 4.21. The molecule has 3 aromatic rings. The van der Waals surface area contributed by atoms with Gasteiger partial charge in [-0.1, -0.05) is 24.3 Å². The molecule has 6 heteroatoms. The maximum absolute atomic E-state index is 11.9. The summed E-state index contributed by atoms with van der Waals surface area (Å²) in [6.07, 6.45) is 3.35. The third-order valence-corrected chi connectivity index (χ3v) is 5.02. The Kier molecular flexibility index (Phi) is 7.21. The first kappa shape index (κ1) is 19.6. The second kappa shape index (κ2) is 10.3. The Morgan fingerprint density at radius 2 is 1.89 bits per heavy atom. The van der Waals surface area contributed by atoms with Crippen molar-refractivity contribution in [1.82, 2.24) is 10.4 Å². The van der Waals surface area contributed by atoms with E-state index in [0.717, 1.165) is 27.5 Å². The van der Waals surface area contributed by atoms with Crippen LogP contribution in [-0.4, -0.2) is 22.9 Å². The standard InChI is InChI=1S/C22H21N3O2S/c1-17-6-2-3-8-21(17)28-16-22(26)25-24-14-18-9-11-20(12-10-18)27-15-19-7-4-5-13-23-19/h2-14H,15-16H2,1H3,(H,25,26)/b24-14+. The molecular formula is C22H21N3O2S. The highest BCUT2D eigenvalue weighted by Gasteiger charge is 2.03. The highest BCUT2D eigenvalue weighted by Crippen LogP contribution is 2.21. The maximum atomic E-state index is 11.9.